The van der Waals surface area contributed by atoms with Gasteiger partial charge in [0.25, 0.3) is 0 Å². The van der Waals surface area contributed by atoms with Gasteiger partial charge in [-0.05, 0) is 19.1 Å². The lowest BCUT2D eigenvalue weighted by Crippen LogP contribution is -2.50. The van der Waals surface area contributed by atoms with Crippen molar-refractivity contribution in [2.45, 2.75) is 6.92 Å². The summed E-state index contributed by atoms with van der Waals surface area (Å²) in [5.74, 6) is 2.41. The summed E-state index contributed by atoms with van der Waals surface area (Å²) in [5, 5.41) is 0. The number of carbonyl (C=O) groups is 1. The van der Waals surface area contributed by atoms with Gasteiger partial charge < -0.3 is 24.3 Å². The molecule has 2 aromatic heterocycles. The van der Waals surface area contributed by atoms with Crippen molar-refractivity contribution < 1.29 is 9.53 Å². The number of carbonyl (C=O) groups excluding carboxylic acids is 1. The predicted octanol–water partition coefficient (Wildman–Crippen LogP) is 0.872. The summed E-state index contributed by atoms with van der Waals surface area (Å²) in [6, 6.07) is 3.78. The molecule has 10 heteroatoms. The van der Waals surface area contributed by atoms with Gasteiger partial charge in [0, 0.05) is 70.9 Å². The third-order valence-electron chi connectivity index (χ3n) is 5.16. The number of nitrogens with zero attached hydrogens (tertiary/aromatic N) is 8. The average molecular weight is 398 g/mol. The van der Waals surface area contributed by atoms with Crippen molar-refractivity contribution >= 4 is 23.8 Å². The molecule has 0 radical (unpaired) electrons. The lowest BCUT2D eigenvalue weighted by atomic mass is 10.3. The fraction of sp³-hybridized carbons (Fsp3) is 0.526. The van der Waals surface area contributed by atoms with Crippen molar-refractivity contribution in [1.29, 1.82) is 0 Å². The molecule has 4 rings (SSSR count). The van der Waals surface area contributed by atoms with Crippen LogP contribution >= 0.6 is 0 Å². The Kier molecular flexibility index (Phi) is 5.87. The van der Waals surface area contributed by atoms with E-state index < -0.39 is 0 Å². The van der Waals surface area contributed by atoms with E-state index in [4.69, 9.17) is 9.72 Å². The predicted molar refractivity (Wildman–Crippen MR) is 109 cm³/mol. The Hall–Kier alpha value is -3.17. The summed E-state index contributed by atoms with van der Waals surface area (Å²) >= 11 is 0. The Morgan fingerprint density at radius 2 is 1.45 bits per heavy atom. The zero-order chi connectivity index (χ0) is 20.1. The van der Waals surface area contributed by atoms with Crippen LogP contribution in [0.15, 0.2) is 30.7 Å². The molecular weight excluding hydrogens is 372 g/mol. The number of rotatable bonds is 4. The first-order chi connectivity index (χ1) is 14.2. The van der Waals surface area contributed by atoms with E-state index >= 15 is 0 Å². The van der Waals surface area contributed by atoms with Crippen LogP contribution in [0.3, 0.4) is 0 Å². The average Bonchev–Trinajstić information content (AvgIpc) is 2.80. The molecule has 4 heterocycles. The lowest BCUT2D eigenvalue weighted by molar-refractivity contribution is 0.105. The first-order valence-electron chi connectivity index (χ1n) is 10.0. The molecule has 2 aromatic rings. The fourth-order valence-electron chi connectivity index (χ4n) is 3.56. The summed E-state index contributed by atoms with van der Waals surface area (Å²) in [5.41, 5.74) is 0. The topological polar surface area (TPSA) is 90.8 Å². The number of amides is 1. The largest absolute Gasteiger partial charge is 0.450 e. The molecule has 0 unspecified atom stereocenters. The van der Waals surface area contributed by atoms with Crippen LogP contribution in [0.25, 0.3) is 0 Å². The van der Waals surface area contributed by atoms with Crippen LogP contribution in [0.5, 0.6) is 0 Å². The molecule has 2 fully saturated rings. The van der Waals surface area contributed by atoms with Crippen LogP contribution in [-0.2, 0) is 4.74 Å². The second-order valence-corrected chi connectivity index (χ2v) is 6.91. The summed E-state index contributed by atoms with van der Waals surface area (Å²) in [4.78, 5) is 38.1. The van der Waals surface area contributed by atoms with E-state index in [1.807, 2.05) is 25.3 Å². The highest BCUT2D eigenvalue weighted by Crippen LogP contribution is 2.19. The maximum Gasteiger partial charge on any atom is 0.409 e. The highest BCUT2D eigenvalue weighted by molar-refractivity contribution is 5.68. The summed E-state index contributed by atoms with van der Waals surface area (Å²) in [6.07, 6.45) is 5.10. The molecule has 29 heavy (non-hydrogen) atoms. The van der Waals surface area contributed by atoms with E-state index in [1.54, 1.807) is 17.3 Å². The minimum absolute atomic E-state index is 0.248. The molecule has 0 bridgehead atoms. The van der Waals surface area contributed by atoms with Crippen molar-refractivity contribution in [1.82, 2.24) is 24.8 Å². The zero-order valence-corrected chi connectivity index (χ0v) is 16.6. The van der Waals surface area contributed by atoms with Gasteiger partial charge in [-0.25, -0.2) is 19.7 Å². The van der Waals surface area contributed by atoms with Crippen LogP contribution in [0.1, 0.15) is 6.92 Å². The van der Waals surface area contributed by atoms with Crippen molar-refractivity contribution in [3.05, 3.63) is 30.7 Å². The van der Waals surface area contributed by atoms with Gasteiger partial charge in [-0.2, -0.15) is 4.98 Å². The van der Waals surface area contributed by atoms with E-state index in [1.165, 1.54) is 0 Å². The van der Waals surface area contributed by atoms with Gasteiger partial charge in [0.1, 0.15) is 5.82 Å². The van der Waals surface area contributed by atoms with Crippen LogP contribution in [-0.4, -0.2) is 89.9 Å². The molecule has 0 N–H and O–H groups in total. The molecule has 10 nitrogen and oxygen atoms in total. The Morgan fingerprint density at radius 1 is 0.862 bits per heavy atom. The SMILES string of the molecule is CCOC(=O)N1CCN(c2nccc(N3CCN(c4ncccn4)CC3)n2)CC1. The first-order valence-corrected chi connectivity index (χ1v) is 10.0. The summed E-state index contributed by atoms with van der Waals surface area (Å²) in [6.45, 7) is 8.24. The quantitative estimate of drug-likeness (QED) is 0.744. The van der Waals surface area contributed by atoms with Crippen molar-refractivity contribution in [2.24, 2.45) is 0 Å². The maximum absolute atomic E-state index is 11.9. The number of aromatic nitrogens is 4. The molecular formula is C19H26N8O2. The second-order valence-electron chi connectivity index (χ2n) is 6.91. The molecule has 0 spiro atoms. The highest BCUT2D eigenvalue weighted by atomic mass is 16.6. The fourth-order valence-corrected chi connectivity index (χ4v) is 3.56. The van der Waals surface area contributed by atoms with Gasteiger partial charge in [0.2, 0.25) is 11.9 Å². The molecule has 1 amide bonds. The number of hydrogen-bond acceptors (Lipinski definition) is 9. The van der Waals surface area contributed by atoms with Crippen LogP contribution < -0.4 is 14.7 Å². The Balaban J connectivity index is 1.34. The van der Waals surface area contributed by atoms with E-state index in [2.05, 4.69) is 29.7 Å². The molecule has 0 saturated carbocycles. The molecule has 0 aliphatic carbocycles. The normalized spacial score (nSPS) is 17.4. The van der Waals surface area contributed by atoms with Gasteiger partial charge in [-0.1, -0.05) is 0 Å². The van der Waals surface area contributed by atoms with Crippen LogP contribution in [0.4, 0.5) is 22.5 Å². The van der Waals surface area contributed by atoms with Crippen molar-refractivity contribution in [3.8, 4) is 0 Å². The molecule has 0 aromatic carbocycles. The van der Waals surface area contributed by atoms with E-state index in [0.29, 0.717) is 38.7 Å². The van der Waals surface area contributed by atoms with Gasteiger partial charge in [0.15, 0.2) is 0 Å². The molecule has 2 aliphatic heterocycles. The monoisotopic (exact) mass is 398 g/mol. The Bertz CT molecular complexity index is 805. The zero-order valence-electron chi connectivity index (χ0n) is 16.6. The number of hydrogen-bond donors (Lipinski definition) is 0. The van der Waals surface area contributed by atoms with Gasteiger partial charge in [-0.15, -0.1) is 0 Å². The third kappa shape index (κ3) is 4.47. The lowest BCUT2D eigenvalue weighted by Gasteiger charge is -2.36. The second kappa shape index (κ2) is 8.89. The van der Waals surface area contributed by atoms with Gasteiger partial charge in [0.05, 0.1) is 6.61 Å². The Labute approximate surface area is 170 Å². The van der Waals surface area contributed by atoms with E-state index in [0.717, 1.165) is 37.9 Å². The smallest absolute Gasteiger partial charge is 0.409 e. The van der Waals surface area contributed by atoms with Crippen LogP contribution in [0.2, 0.25) is 0 Å². The molecule has 0 atom stereocenters. The number of ether oxygens (including phenoxy) is 1. The minimum Gasteiger partial charge on any atom is -0.450 e. The van der Waals surface area contributed by atoms with Crippen LogP contribution in [0, 0.1) is 0 Å². The third-order valence-corrected chi connectivity index (χ3v) is 5.16. The summed E-state index contributed by atoms with van der Waals surface area (Å²) < 4.78 is 5.08. The molecule has 2 aliphatic rings. The minimum atomic E-state index is -0.248. The van der Waals surface area contributed by atoms with Crippen molar-refractivity contribution in [3.63, 3.8) is 0 Å². The number of piperazine rings is 2. The molecule has 154 valence electrons. The van der Waals surface area contributed by atoms with Gasteiger partial charge >= 0.3 is 6.09 Å². The van der Waals surface area contributed by atoms with Gasteiger partial charge in [-0.3, -0.25) is 0 Å². The van der Waals surface area contributed by atoms with E-state index in [9.17, 15) is 4.79 Å². The van der Waals surface area contributed by atoms with Crippen molar-refractivity contribution in [2.75, 3.05) is 73.7 Å². The number of anilines is 3. The Morgan fingerprint density at radius 3 is 2.14 bits per heavy atom. The van der Waals surface area contributed by atoms with E-state index in [-0.39, 0.29) is 6.09 Å². The highest BCUT2D eigenvalue weighted by Gasteiger charge is 2.25. The standard InChI is InChI=1S/C19H26N8O2/c1-2-29-19(28)27-14-12-26(13-15-27)18-22-7-4-16(23-18)24-8-10-25(11-9-24)17-20-5-3-6-21-17/h3-7H,2,8-15H2,1H3. The molecule has 2 saturated heterocycles. The summed E-state index contributed by atoms with van der Waals surface area (Å²) in [7, 11) is 0. The maximum atomic E-state index is 11.9. The first kappa shape index (κ1) is 19.2.